The Morgan fingerprint density at radius 3 is 2.83 bits per heavy atom. The predicted molar refractivity (Wildman–Crippen MR) is 136 cm³/mol. The normalized spacial score (nSPS) is 44.0. The van der Waals surface area contributed by atoms with Crippen LogP contribution in [-0.2, 0) is 4.74 Å². The summed E-state index contributed by atoms with van der Waals surface area (Å²) in [5, 5.41) is 30.6. The van der Waals surface area contributed by atoms with Gasteiger partial charge in [-0.05, 0) is 74.0 Å². The van der Waals surface area contributed by atoms with Crippen LogP contribution in [0.4, 0.5) is 0 Å². The minimum Gasteiger partial charge on any atom is -0.388 e. The summed E-state index contributed by atoms with van der Waals surface area (Å²) in [6.45, 7) is 4.75. The smallest absolute Gasteiger partial charge is 0.105 e. The number of allylic oxidation sites excluding steroid dienone is 3. The zero-order valence-corrected chi connectivity index (χ0v) is 21.0. The van der Waals surface area contributed by atoms with Crippen molar-refractivity contribution in [3.63, 3.8) is 0 Å². The molecule has 0 amide bonds. The van der Waals surface area contributed by atoms with Gasteiger partial charge < -0.3 is 19.8 Å². The fraction of sp³-hybridized carbons (Fsp3) is 0.552. The highest BCUT2D eigenvalue weighted by atomic mass is 16.5. The molecule has 2 aliphatic heterocycles. The van der Waals surface area contributed by atoms with Gasteiger partial charge in [-0.1, -0.05) is 44.2 Å². The summed E-state index contributed by atoms with van der Waals surface area (Å²) in [4.78, 5) is 2.03. The van der Waals surface area contributed by atoms with Gasteiger partial charge in [0.1, 0.15) is 6.10 Å². The SMILES string of the molecule is CC1C=C2C=C3C(O)C(O)C(N(C)C)CC34CCC2(O4)C2CC=C(c3ccc4cn[nH]c4c3)C12C. The Labute approximate surface area is 206 Å². The van der Waals surface area contributed by atoms with Gasteiger partial charge in [-0.3, -0.25) is 5.10 Å². The lowest BCUT2D eigenvalue weighted by atomic mass is 9.54. The highest BCUT2D eigenvalue weighted by Crippen LogP contribution is 2.69. The zero-order valence-electron chi connectivity index (χ0n) is 21.0. The van der Waals surface area contributed by atoms with Gasteiger partial charge in [0, 0.05) is 22.8 Å². The molecule has 2 bridgehead atoms. The maximum Gasteiger partial charge on any atom is 0.105 e. The fourth-order valence-electron chi connectivity index (χ4n) is 8.36. The number of aliphatic hydroxyl groups excluding tert-OH is 2. The van der Waals surface area contributed by atoms with Crippen LogP contribution in [0.5, 0.6) is 0 Å². The van der Waals surface area contributed by atoms with Crippen LogP contribution >= 0.6 is 0 Å². The molecule has 8 atom stereocenters. The Kier molecular flexibility index (Phi) is 4.36. The molecule has 2 spiro atoms. The first-order valence-corrected chi connectivity index (χ1v) is 13.0. The number of H-pyrrole nitrogens is 1. The second-order valence-electron chi connectivity index (χ2n) is 12.0. The average Bonchev–Trinajstić information content (AvgIpc) is 3.52. The first kappa shape index (κ1) is 22.0. The minimum absolute atomic E-state index is 0.0538. The van der Waals surface area contributed by atoms with Crippen molar-refractivity contribution in [3.8, 4) is 0 Å². The number of aliphatic hydroxyl groups is 2. The number of likely N-dealkylation sites (N-methyl/N-ethyl adjacent to an activating group) is 1. The minimum atomic E-state index is -0.893. The van der Waals surface area contributed by atoms with E-state index >= 15 is 0 Å². The number of benzene rings is 1. The zero-order chi connectivity index (χ0) is 24.3. The number of nitrogens with zero attached hydrogens (tertiary/aromatic N) is 2. The van der Waals surface area contributed by atoms with Crippen LogP contribution in [0.15, 0.2) is 53.8 Å². The van der Waals surface area contributed by atoms with Gasteiger partial charge in [0.25, 0.3) is 0 Å². The molecule has 8 unspecified atom stereocenters. The van der Waals surface area contributed by atoms with Crippen molar-refractivity contribution in [2.45, 2.75) is 69.0 Å². The average molecular weight is 474 g/mol. The molecule has 1 saturated heterocycles. The summed E-state index contributed by atoms with van der Waals surface area (Å²) in [5.41, 5.74) is 4.93. The summed E-state index contributed by atoms with van der Waals surface area (Å²) < 4.78 is 7.27. The van der Waals surface area contributed by atoms with Crippen LogP contribution in [0.25, 0.3) is 16.5 Å². The van der Waals surface area contributed by atoms with Gasteiger partial charge in [0.15, 0.2) is 0 Å². The van der Waals surface area contributed by atoms with E-state index in [-0.39, 0.29) is 17.1 Å². The van der Waals surface area contributed by atoms with Crippen molar-refractivity contribution in [2.24, 2.45) is 17.3 Å². The Hall–Kier alpha value is -2.25. The van der Waals surface area contributed by atoms with Crippen LogP contribution < -0.4 is 0 Å². The fourth-order valence-corrected chi connectivity index (χ4v) is 8.36. The number of nitrogens with one attached hydrogen (secondary N) is 1. The van der Waals surface area contributed by atoms with Crippen molar-refractivity contribution >= 4 is 16.5 Å². The van der Waals surface area contributed by atoms with Crippen LogP contribution in [-0.4, -0.2) is 68.9 Å². The number of ether oxygens (including phenoxy) is 1. The van der Waals surface area contributed by atoms with Gasteiger partial charge in [-0.25, -0.2) is 0 Å². The summed E-state index contributed by atoms with van der Waals surface area (Å²) >= 11 is 0. The van der Waals surface area contributed by atoms with Gasteiger partial charge in [-0.2, -0.15) is 5.10 Å². The second kappa shape index (κ2) is 6.94. The van der Waals surface area contributed by atoms with Gasteiger partial charge in [0.05, 0.1) is 29.0 Å². The molecule has 2 aromatic rings. The van der Waals surface area contributed by atoms with Crippen LogP contribution in [0, 0.1) is 17.3 Å². The Morgan fingerprint density at radius 1 is 1.20 bits per heavy atom. The highest BCUT2D eigenvalue weighted by Gasteiger charge is 2.68. The van der Waals surface area contributed by atoms with E-state index in [2.05, 4.69) is 60.5 Å². The standard InChI is InChI=1S/C29H35N3O3/c1-16-11-19-13-21-25(33)26(34)23(32(3)4)14-28(21)9-10-29(19,35-28)24-8-7-20(27(16,24)2)17-5-6-18-15-30-31-22(18)12-17/h5-7,11-13,15-16,23-26,33-34H,8-10,14H2,1-4H3,(H,30,31). The monoisotopic (exact) mass is 473 g/mol. The van der Waals surface area contributed by atoms with E-state index < -0.39 is 17.8 Å². The van der Waals surface area contributed by atoms with Gasteiger partial charge in [-0.15, -0.1) is 0 Å². The van der Waals surface area contributed by atoms with E-state index in [0.717, 1.165) is 42.2 Å². The number of fused-ring (bicyclic) bond motifs is 2. The van der Waals surface area contributed by atoms with E-state index in [4.69, 9.17) is 4.74 Å². The van der Waals surface area contributed by atoms with Crippen molar-refractivity contribution in [2.75, 3.05) is 14.1 Å². The maximum atomic E-state index is 11.2. The van der Waals surface area contributed by atoms with Crippen LogP contribution in [0.1, 0.15) is 45.1 Å². The molecule has 1 aromatic heterocycles. The van der Waals surface area contributed by atoms with Crippen LogP contribution in [0.2, 0.25) is 0 Å². The Bertz CT molecular complexity index is 1320. The van der Waals surface area contributed by atoms with Gasteiger partial charge in [0.2, 0.25) is 0 Å². The number of aromatic nitrogens is 2. The maximum absolute atomic E-state index is 11.2. The molecule has 1 aromatic carbocycles. The molecule has 1 saturated carbocycles. The molecule has 184 valence electrons. The first-order valence-electron chi connectivity index (χ1n) is 13.0. The number of hydrogen-bond donors (Lipinski definition) is 3. The highest BCUT2D eigenvalue weighted by molar-refractivity contribution is 5.85. The van der Waals surface area contributed by atoms with E-state index in [1.54, 1.807) is 0 Å². The first-order chi connectivity index (χ1) is 16.7. The molecule has 0 radical (unpaired) electrons. The third-order valence-corrected chi connectivity index (χ3v) is 10.4. The summed E-state index contributed by atoms with van der Waals surface area (Å²) in [5.74, 6) is 0.643. The van der Waals surface area contributed by atoms with Crippen molar-refractivity contribution in [1.29, 1.82) is 0 Å². The number of aromatic amines is 1. The lowest BCUT2D eigenvalue weighted by molar-refractivity contribution is -0.165. The van der Waals surface area contributed by atoms with Crippen molar-refractivity contribution < 1.29 is 14.9 Å². The largest absolute Gasteiger partial charge is 0.388 e. The second-order valence-corrected chi connectivity index (χ2v) is 12.0. The Morgan fingerprint density at radius 2 is 2.03 bits per heavy atom. The summed E-state index contributed by atoms with van der Waals surface area (Å²) in [6.07, 6.45) is 10.8. The number of hydrogen-bond acceptors (Lipinski definition) is 5. The molecule has 7 rings (SSSR count). The third kappa shape index (κ3) is 2.61. The molecule has 5 aliphatic rings. The van der Waals surface area contributed by atoms with Gasteiger partial charge >= 0.3 is 0 Å². The molecule has 2 fully saturated rings. The molecule has 3 aliphatic carbocycles. The molecule has 35 heavy (non-hydrogen) atoms. The third-order valence-electron chi connectivity index (χ3n) is 10.4. The predicted octanol–water partition coefficient (Wildman–Crippen LogP) is 3.83. The Balaban J connectivity index is 1.33. The molecule has 6 nitrogen and oxygen atoms in total. The lowest BCUT2D eigenvalue weighted by Gasteiger charge is -2.57. The molecule has 6 heteroatoms. The van der Waals surface area contributed by atoms with Crippen LogP contribution in [0.3, 0.4) is 0 Å². The van der Waals surface area contributed by atoms with Crippen molar-refractivity contribution in [1.82, 2.24) is 15.1 Å². The topological polar surface area (TPSA) is 81.6 Å². The molecule has 3 N–H and O–H groups in total. The summed E-state index contributed by atoms with van der Waals surface area (Å²) in [6, 6.07) is 6.50. The summed E-state index contributed by atoms with van der Waals surface area (Å²) in [7, 11) is 3.96. The molecule has 3 heterocycles. The lowest BCUT2D eigenvalue weighted by Crippen LogP contribution is -2.62. The van der Waals surface area contributed by atoms with E-state index in [9.17, 15) is 10.2 Å². The van der Waals surface area contributed by atoms with E-state index in [1.807, 2.05) is 25.2 Å². The van der Waals surface area contributed by atoms with E-state index in [0.29, 0.717) is 11.8 Å². The van der Waals surface area contributed by atoms with Crippen molar-refractivity contribution in [3.05, 3.63) is 59.3 Å². The number of rotatable bonds is 2. The molecular weight excluding hydrogens is 438 g/mol. The van der Waals surface area contributed by atoms with E-state index in [1.165, 1.54) is 16.7 Å². The quantitative estimate of drug-likeness (QED) is 0.618. The molecular formula is C29H35N3O3.